The molecule has 32 heavy (non-hydrogen) atoms. The number of rotatable bonds is 5. The largest absolute Gasteiger partial charge is 0.330 e. The molecule has 1 saturated heterocycles. The van der Waals surface area contributed by atoms with Crippen molar-refractivity contribution < 1.29 is 13.2 Å². The summed E-state index contributed by atoms with van der Waals surface area (Å²) in [5.74, 6) is 0. The molecule has 174 valence electrons. The van der Waals surface area contributed by atoms with E-state index in [-0.39, 0.29) is 34.8 Å². The zero-order chi connectivity index (χ0) is 22.2. The Hall–Kier alpha value is -1.80. The summed E-state index contributed by atoms with van der Waals surface area (Å²) in [7, 11) is -3.32. The van der Waals surface area contributed by atoms with Gasteiger partial charge in [0.2, 0.25) is 0 Å². The van der Waals surface area contributed by atoms with Crippen LogP contribution in [0.25, 0.3) is 0 Å². The van der Waals surface area contributed by atoms with Gasteiger partial charge in [0.15, 0.2) is 9.84 Å². The summed E-state index contributed by atoms with van der Waals surface area (Å²) in [4.78, 5) is 17.0. The zero-order valence-corrected chi connectivity index (χ0v) is 20.4. The number of nitrogens with two attached hydrogens (primary N) is 1. The predicted octanol–water partition coefficient (Wildman–Crippen LogP) is 4.25. The maximum atomic E-state index is 13.2. The Balaban J connectivity index is 0.00000289. The molecule has 0 spiro atoms. The lowest BCUT2D eigenvalue weighted by Crippen LogP contribution is -2.46. The second-order valence-electron chi connectivity index (χ2n) is 8.62. The summed E-state index contributed by atoms with van der Waals surface area (Å²) in [6.45, 7) is 1.75. The van der Waals surface area contributed by atoms with Crippen molar-refractivity contribution in [1.82, 2.24) is 4.90 Å². The summed E-state index contributed by atoms with van der Waals surface area (Å²) < 4.78 is 23.8. The van der Waals surface area contributed by atoms with Crippen molar-refractivity contribution >= 4 is 45.6 Å². The highest BCUT2D eigenvalue weighted by Gasteiger charge is 2.41. The number of nitrogens with zero attached hydrogens (tertiary/aromatic N) is 2. The van der Waals surface area contributed by atoms with E-state index in [9.17, 15) is 13.2 Å². The number of anilines is 1. The van der Waals surface area contributed by atoms with Gasteiger partial charge in [-0.1, -0.05) is 29.8 Å². The van der Waals surface area contributed by atoms with Gasteiger partial charge in [0.25, 0.3) is 0 Å². The molecule has 2 aromatic rings. The van der Waals surface area contributed by atoms with Crippen molar-refractivity contribution in [2.24, 2.45) is 5.73 Å². The van der Waals surface area contributed by atoms with Gasteiger partial charge in [-0.05, 0) is 61.6 Å². The van der Waals surface area contributed by atoms with E-state index < -0.39 is 9.84 Å². The zero-order valence-electron chi connectivity index (χ0n) is 18.0. The number of hydrogen-bond donors (Lipinski definition) is 1. The van der Waals surface area contributed by atoms with Crippen LogP contribution in [0.3, 0.4) is 0 Å². The second-order valence-corrected chi connectivity index (χ2v) is 11.1. The first-order valence-electron chi connectivity index (χ1n) is 10.6. The third-order valence-corrected chi connectivity index (χ3v) is 8.12. The van der Waals surface area contributed by atoms with Gasteiger partial charge >= 0.3 is 6.03 Å². The van der Waals surface area contributed by atoms with E-state index >= 15 is 0 Å². The molecule has 2 fully saturated rings. The molecule has 4 rings (SSSR count). The Kier molecular flexibility index (Phi) is 7.44. The number of urea groups is 1. The number of sulfone groups is 1. The number of amides is 2. The first-order chi connectivity index (χ1) is 14.7. The van der Waals surface area contributed by atoms with Crippen molar-refractivity contribution in [1.29, 1.82) is 0 Å². The van der Waals surface area contributed by atoms with Gasteiger partial charge in [-0.25, -0.2) is 13.2 Å². The molecular weight excluding hydrogens is 469 g/mol. The fraction of sp³-hybridized carbons (Fsp3) is 0.435. The van der Waals surface area contributed by atoms with Crippen LogP contribution < -0.4 is 10.6 Å². The van der Waals surface area contributed by atoms with Gasteiger partial charge in [0, 0.05) is 48.1 Å². The van der Waals surface area contributed by atoms with Gasteiger partial charge in [0.1, 0.15) is 0 Å². The standard InChI is InChI=1S/C23H28ClN3O3S.ClH/c1-31(29,30)21-7-3-6-20(15-21)27-13-12-26(22(27)28)19-8-10-23(16-25,11-9-19)17-4-2-5-18(24)14-17;/h2-7,14-15,19H,8-13,16,25H2,1H3;1H/t19-,23+;. The number of carbonyl (C=O) groups excluding carboxylic acids is 1. The van der Waals surface area contributed by atoms with Crippen molar-refractivity contribution in [2.45, 2.75) is 42.0 Å². The Morgan fingerprint density at radius 2 is 1.78 bits per heavy atom. The maximum Gasteiger partial charge on any atom is 0.324 e. The third-order valence-electron chi connectivity index (χ3n) is 6.78. The summed E-state index contributed by atoms with van der Waals surface area (Å²) in [5, 5.41) is 0.717. The number of halogens is 2. The molecular formula is C23H29Cl2N3O3S. The number of carbonyl (C=O) groups is 1. The Bertz CT molecular complexity index is 1090. The molecule has 1 heterocycles. The molecule has 2 aromatic carbocycles. The molecule has 0 atom stereocenters. The van der Waals surface area contributed by atoms with Crippen LogP contribution >= 0.6 is 24.0 Å². The van der Waals surface area contributed by atoms with Crippen molar-refractivity contribution in [2.75, 3.05) is 30.8 Å². The molecule has 9 heteroatoms. The summed E-state index contributed by atoms with van der Waals surface area (Å²) in [6.07, 6.45) is 4.75. The van der Waals surface area contributed by atoms with Crippen LogP contribution in [0, 0.1) is 0 Å². The first-order valence-corrected chi connectivity index (χ1v) is 12.8. The fourth-order valence-corrected chi connectivity index (χ4v) is 5.76. The van der Waals surface area contributed by atoms with Crippen LogP contribution in [0.4, 0.5) is 10.5 Å². The molecule has 0 bridgehead atoms. The normalized spacial score (nSPS) is 23.8. The Labute approximate surface area is 201 Å². The maximum absolute atomic E-state index is 13.2. The highest BCUT2D eigenvalue weighted by atomic mass is 35.5. The molecule has 2 N–H and O–H groups in total. The lowest BCUT2D eigenvalue weighted by atomic mass is 9.68. The fourth-order valence-electron chi connectivity index (χ4n) is 4.91. The third kappa shape index (κ3) is 4.76. The molecule has 1 aliphatic carbocycles. The van der Waals surface area contributed by atoms with Gasteiger partial charge in [-0.2, -0.15) is 0 Å². The van der Waals surface area contributed by atoms with Crippen LogP contribution in [0.1, 0.15) is 31.2 Å². The van der Waals surface area contributed by atoms with Crippen LogP contribution in [0.5, 0.6) is 0 Å². The molecule has 1 saturated carbocycles. The van der Waals surface area contributed by atoms with Gasteiger partial charge in [0.05, 0.1) is 4.90 Å². The average Bonchev–Trinajstić information content (AvgIpc) is 3.14. The van der Waals surface area contributed by atoms with E-state index in [0.717, 1.165) is 25.7 Å². The van der Waals surface area contributed by atoms with E-state index in [4.69, 9.17) is 17.3 Å². The van der Waals surface area contributed by atoms with E-state index in [1.165, 1.54) is 11.8 Å². The minimum Gasteiger partial charge on any atom is -0.330 e. The highest BCUT2D eigenvalue weighted by molar-refractivity contribution is 7.90. The Morgan fingerprint density at radius 1 is 1.09 bits per heavy atom. The van der Waals surface area contributed by atoms with Crippen molar-refractivity contribution in [3.63, 3.8) is 0 Å². The molecule has 0 radical (unpaired) electrons. The van der Waals surface area contributed by atoms with Gasteiger partial charge in [-0.3, -0.25) is 4.90 Å². The van der Waals surface area contributed by atoms with E-state index in [1.54, 1.807) is 29.2 Å². The van der Waals surface area contributed by atoms with Gasteiger partial charge < -0.3 is 10.6 Å². The van der Waals surface area contributed by atoms with Crippen LogP contribution in [0.2, 0.25) is 5.02 Å². The van der Waals surface area contributed by atoms with E-state index in [2.05, 4.69) is 6.07 Å². The number of hydrogen-bond acceptors (Lipinski definition) is 4. The molecule has 2 aliphatic rings. The molecule has 0 unspecified atom stereocenters. The van der Waals surface area contributed by atoms with E-state index in [1.807, 2.05) is 23.1 Å². The predicted molar refractivity (Wildman–Crippen MR) is 131 cm³/mol. The van der Waals surface area contributed by atoms with Crippen molar-refractivity contribution in [3.05, 3.63) is 59.1 Å². The molecule has 0 aromatic heterocycles. The van der Waals surface area contributed by atoms with E-state index in [0.29, 0.717) is 30.3 Å². The first kappa shape index (κ1) is 24.8. The van der Waals surface area contributed by atoms with Crippen LogP contribution in [0.15, 0.2) is 53.4 Å². The molecule has 6 nitrogen and oxygen atoms in total. The summed E-state index contributed by atoms with van der Waals surface area (Å²) >= 11 is 6.21. The SMILES string of the molecule is CS(=O)(=O)c1cccc(N2CCN([C@H]3CC[C@@](CN)(c4cccc(Cl)c4)CC3)C2=O)c1.Cl. The monoisotopic (exact) mass is 497 g/mol. The molecule has 1 aliphatic heterocycles. The van der Waals surface area contributed by atoms with Crippen LogP contribution in [-0.2, 0) is 15.3 Å². The topological polar surface area (TPSA) is 83.7 Å². The summed E-state index contributed by atoms with van der Waals surface area (Å²) in [6, 6.07) is 14.6. The lowest BCUT2D eigenvalue weighted by Gasteiger charge is -2.42. The lowest BCUT2D eigenvalue weighted by molar-refractivity contribution is 0.156. The minimum atomic E-state index is -3.32. The van der Waals surface area contributed by atoms with Crippen LogP contribution in [-0.4, -0.2) is 51.3 Å². The minimum absolute atomic E-state index is 0. The molecule has 2 amide bonds. The Morgan fingerprint density at radius 3 is 2.41 bits per heavy atom. The highest BCUT2D eigenvalue weighted by Crippen LogP contribution is 2.41. The summed E-state index contributed by atoms with van der Waals surface area (Å²) in [5.41, 5.74) is 7.91. The second kappa shape index (κ2) is 9.59. The van der Waals surface area contributed by atoms with Gasteiger partial charge in [-0.15, -0.1) is 12.4 Å². The smallest absolute Gasteiger partial charge is 0.324 e. The van der Waals surface area contributed by atoms with Crippen molar-refractivity contribution in [3.8, 4) is 0 Å². The number of benzene rings is 2. The average molecular weight is 498 g/mol. The quantitative estimate of drug-likeness (QED) is 0.668.